The zero-order valence-corrected chi connectivity index (χ0v) is 26.9. The van der Waals surface area contributed by atoms with Gasteiger partial charge >= 0.3 is 0 Å². The Balaban J connectivity index is 0.000000211. The molecule has 43 heavy (non-hydrogen) atoms. The maximum absolute atomic E-state index is 8.45. The van der Waals surface area contributed by atoms with Gasteiger partial charge in [-0.1, -0.05) is 110 Å². The average molecular weight is 741 g/mol. The fraction of sp³-hybridized carbons (Fsp3) is 0.150. The Labute approximate surface area is 275 Å². The van der Waals surface area contributed by atoms with E-state index in [4.69, 9.17) is 5.48 Å². The Hall–Kier alpha value is -4.17. The second kappa shape index (κ2) is 15.3. The zero-order chi connectivity index (χ0) is 32.8. The van der Waals surface area contributed by atoms with E-state index in [2.05, 4.69) is 34.2 Å². The molecule has 6 rings (SSSR count). The number of nitrogens with zero attached hydrogens (tertiary/aromatic N) is 2. The summed E-state index contributed by atoms with van der Waals surface area (Å²) in [4.78, 5) is 8.73. The van der Waals surface area contributed by atoms with Gasteiger partial charge in [0.05, 0.1) is 0 Å². The van der Waals surface area contributed by atoms with Crippen molar-refractivity contribution in [3.63, 3.8) is 0 Å². The first-order valence-corrected chi connectivity index (χ1v) is 14.0. The molecule has 0 atom stereocenters. The third kappa shape index (κ3) is 9.68. The maximum atomic E-state index is 8.45. The van der Waals surface area contributed by atoms with Gasteiger partial charge in [-0.15, -0.1) is 65.7 Å². The van der Waals surface area contributed by atoms with Gasteiger partial charge in [-0.3, -0.25) is 0 Å². The van der Waals surface area contributed by atoms with Crippen LogP contribution < -0.4 is 0 Å². The molecule has 0 fully saturated rings. The third-order valence-electron chi connectivity index (χ3n) is 6.28. The van der Waals surface area contributed by atoms with E-state index in [9.17, 15) is 0 Å². The van der Waals surface area contributed by atoms with E-state index in [1.54, 1.807) is 42.7 Å². The molecule has 0 saturated heterocycles. The Kier molecular flexibility index (Phi) is 9.44. The monoisotopic (exact) mass is 741 g/mol. The van der Waals surface area contributed by atoms with E-state index >= 15 is 0 Å². The molecule has 2 heterocycles. The van der Waals surface area contributed by atoms with Gasteiger partial charge in [0.2, 0.25) is 0 Å². The summed E-state index contributed by atoms with van der Waals surface area (Å²) in [6.07, 6.45) is 0.335. The summed E-state index contributed by atoms with van der Waals surface area (Å²) in [6, 6.07) is 46.4. The molecule has 3 heteroatoms. The summed E-state index contributed by atoms with van der Waals surface area (Å²) < 4.78 is 33.7. The minimum Gasteiger partial charge on any atom is -0.305 e. The number of pyridine rings is 2. The molecule has 0 bridgehead atoms. The summed E-state index contributed by atoms with van der Waals surface area (Å²) in [5.74, 6) is 0. The molecular formula is C40H36IrN2-2. The molecule has 4 aromatic carbocycles. The van der Waals surface area contributed by atoms with E-state index in [0.717, 1.165) is 33.6 Å². The van der Waals surface area contributed by atoms with Crippen LogP contribution in [-0.2, 0) is 32.9 Å². The SMILES string of the molecule is [2H]C([2H])(c1ccccc1)c1ccnc(-c2[c-]cccc2)c1.[2H]C([2H])(c1ccnc(-c2[c-]cc(-c3ccccc3)cc2)c1)C(C)(C)C.[Ir]. The van der Waals surface area contributed by atoms with E-state index < -0.39 is 18.2 Å². The third-order valence-corrected chi connectivity index (χ3v) is 6.28. The van der Waals surface area contributed by atoms with Gasteiger partial charge in [-0.2, -0.15) is 0 Å². The molecule has 2 nitrogen and oxygen atoms in total. The van der Waals surface area contributed by atoms with Gasteiger partial charge in [-0.25, -0.2) is 0 Å². The molecule has 0 N–H and O–H groups in total. The summed E-state index contributed by atoms with van der Waals surface area (Å²) >= 11 is 0. The van der Waals surface area contributed by atoms with Crippen molar-refractivity contribution < 1.29 is 25.6 Å². The van der Waals surface area contributed by atoms with Gasteiger partial charge in [0.25, 0.3) is 0 Å². The van der Waals surface area contributed by atoms with Crippen LogP contribution in [0.3, 0.4) is 0 Å². The van der Waals surface area contributed by atoms with Gasteiger partial charge < -0.3 is 9.97 Å². The second-order valence-corrected chi connectivity index (χ2v) is 10.9. The van der Waals surface area contributed by atoms with Crippen molar-refractivity contribution in [3.8, 4) is 33.6 Å². The molecule has 0 aliphatic carbocycles. The van der Waals surface area contributed by atoms with Crippen LogP contribution >= 0.6 is 0 Å². The minimum absolute atomic E-state index is 0. The Bertz CT molecular complexity index is 1860. The smallest absolute Gasteiger partial charge is 0.0365 e. The first-order chi connectivity index (χ1) is 22.0. The number of benzene rings is 4. The van der Waals surface area contributed by atoms with Crippen molar-refractivity contribution in [2.75, 3.05) is 0 Å². The molecular weight excluding hydrogens is 701 g/mol. The van der Waals surface area contributed by atoms with Crippen LogP contribution in [0.15, 0.2) is 140 Å². The van der Waals surface area contributed by atoms with E-state index in [1.807, 2.05) is 106 Å². The molecule has 217 valence electrons. The summed E-state index contributed by atoms with van der Waals surface area (Å²) in [7, 11) is 0. The molecule has 0 amide bonds. The summed E-state index contributed by atoms with van der Waals surface area (Å²) in [6.45, 7) is 5.73. The van der Waals surface area contributed by atoms with Crippen molar-refractivity contribution in [1.82, 2.24) is 9.97 Å². The first kappa shape index (κ1) is 26.5. The quantitative estimate of drug-likeness (QED) is 0.159. The minimum atomic E-state index is -1.55. The summed E-state index contributed by atoms with van der Waals surface area (Å²) in [5.41, 5.74) is 6.84. The van der Waals surface area contributed by atoms with Crippen LogP contribution in [0.25, 0.3) is 33.6 Å². The molecule has 0 aliphatic heterocycles. The van der Waals surface area contributed by atoms with E-state index in [0.29, 0.717) is 16.7 Å². The van der Waals surface area contributed by atoms with Crippen LogP contribution in [0.5, 0.6) is 0 Å². The van der Waals surface area contributed by atoms with Crippen molar-refractivity contribution in [3.05, 3.63) is 169 Å². The molecule has 0 unspecified atom stereocenters. The standard InChI is InChI=1S/C22H22N.C18H14N.Ir/c1-22(2,3)16-17-13-14-23-21(15-17)20-11-9-19(10-12-20)18-7-5-4-6-8-18;1-3-7-15(8-4-1)13-16-11-12-19-18(14-16)17-9-5-2-6-10-17;/h4-11,13-15H,16H2,1-3H3;1-9,11-12,14H,13H2;/q2*-1;/i16D2;13D2;. The summed E-state index contributed by atoms with van der Waals surface area (Å²) in [5, 5.41) is 0. The normalized spacial score (nSPS) is 12.7. The van der Waals surface area contributed by atoms with Crippen LogP contribution in [-0.4, -0.2) is 9.97 Å². The predicted octanol–water partition coefficient (Wildman–Crippen LogP) is 9.94. The Morgan fingerprint density at radius 2 is 1.21 bits per heavy atom. The number of hydrogen-bond donors (Lipinski definition) is 0. The van der Waals surface area contributed by atoms with Crippen LogP contribution in [0.2, 0.25) is 0 Å². The molecule has 0 aliphatic rings. The van der Waals surface area contributed by atoms with Crippen molar-refractivity contribution in [1.29, 1.82) is 0 Å². The Morgan fingerprint density at radius 1 is 0.605 bits per heavy atom. The second-order valence-electron chi connectivity index (χ2n) is 10.9. The van der Waals surface area contributed by atoms with E-state index in [1.165, 1.54) is 0 Å². The van der Waals surface area contributed by atoms with Gasteiger partial charge in [-0.05, 0) is 52.8 Å². The number of aromatic nitrogens is 2. The predicted molar refractivity (Wildman–Crippen MR) is 175 cm³/mol. The molecule has 0 saturated carbocycles. The molecule has 2 aromatic heterocycles. The van der Waals surface area contributed by atoms with Gasteiger partial charge in [0, 0.05) is 38.0 Å². The van der Waals surface area contributed by atoms with Gasteiger partial charge in [0.15, 0.2) is 0 Å². The largest absolute Gasteiger partial charge is 0.305 e. The van der Waals surface area contributed by atoms with Gasteiger partial charge in [0.1, 0.15) is 0 Å². The van der Waals surface area contributed by atoms with Crippen molar-refractivity contribution in [2.45, 2.75) is 33.5 Å². The zero-order valence-electron chi connectivity index (χ0n) is 28.5. The average Bonchev–Trinajstić information content (AvgIpc) is 3.09. The first-order valence-electron chi connectivity index (χ1n) is 16.0. The van der Waals surface area contributed by atoms with Crippen LogP contribution in [0.1, 0.15) is 42.9 Å². The molecule has 6 aromatic rings. The Morgan fingerprint density at radius 3 is 1.81 bits per heavy atom. The molecule has 0 spiro atoms. The number of hydrogen-bond acceptors (Lipinski definition) is 2. The van der Waals surface area contributed by atoms with Crippen LogP contribution in [0.4, 0.5) is 0 Å². The number of rotatable bonds is 6. The topological polar surface area (TPSA) is 25.8 Å². The van der Waals surface area contributed by atoms with Crippen molar-refractivity contribution >= 4 is 0 Å². The van der Waals surface area contributed by atoms with Crippen LogP contribution in [0, 0.1) is 17.5 Å². The van der Waals surface area contributed by atoms with E-state index in [-0.39, 0.29) is 20.1 Å². The fourth-order valence-corrected chi connectivity index (χ4v) is 4.38. The maximum Gasteiger partial charge on any atom is 0.0365 e. The molecule has 1 radical (unpaired) electrons. The van der Waals surface area contributed by atoms with Crippen molar-refractivity contribution in [2.24, 2.45) is 5.41 Å². The fourth-order valence-electron chi connectivity index (χ4n) is 4.38.